The lowest BCUT2D eigenvalue weighted by Crippen LogP contribution is -2.39. The fourth-order valence-electron chi connectivity index (χ4n) is 5.56. The van der Waals surface area contributed by atoms with Crippen molar-refractivity contribution in [2.45, 2.75) is 39.3 Å². The van der Waals surface area contributed by atoms with Gasteiger partial charge in [0.15, 0.2) is 5.11 Å². The summed E-state index contributed by atoms with van der Waals surface area (Å²) in [6.07, 6.45) is 2.90. The molecule has 3 aromatic rings. The van der Waals surface area contributed by atoms with E-state index in [1.54, 1.807) is 0 Å². The van der Waals surface area contributed by atoms with Crippen LogP contribution in [-0.4, -0.2) is 63.9 Å². The average molecular weight is 524 g/mol. The fraction of sp³-hybridized carbons (Fsp3) is 0.429. The molecular weight excluding hydrogens is 490 g/mol. The van der Waals surface area contributed by atoms with Crippen LogP contribution < -0.4 is 5.32 Å². The highest BCUT2D eigenvalue weighted by Gasteiger charge is 2.41. The molecule has 0 unspecified atom stereocenters. The van der Waals surface area contributed by atoms with Crippen molar-refractivity contribution in [2.75, 3.05) is 39.4 Å². The van der Waals surface area contributed by atoms with Crippen molar-refractivity contribution in [3.05, 3.63) is 81.9 Å². The molecule has 0 radical (unpaired) electrons. The minimum absolute atomic E-state index is 0.0171. The maximum Gasteiger partial charge on any atom is 0.170 e. The summed E-state index contributed by atoms with van der Waals surface area (Å²) < 4.78 is 7.83. The maximum absolute atomic E-state index is 6.40. The molecule has 5 rings (SSSR count). The Hall–Kier alpha value is -2.45. The third kappa shape index (κ3) is 5.02. The van der Waals surface area contributed by atoms with E-state index >= 15 is 0 Å². The normalized spacial score (nSPS) is 20.7. The van der Waals surface area contributed by atoms with Gasteiger partial charge in [-0.05, 0) is 80.9 Å². The first-order chi connectivity index (χ1) is 17.4. The van der Waals surface area contributed by atoms with Crippen LogP contribution in [-0.2, 0) is 4.74 Å². The van der Waals surface area contributed by atoms with Gasteiger partial charge in [0.25, 0.3) is 0 Å². The van der Waals surface area contributed by atoms with Gasteiger partial charge in [-0.1, -0.05) is 23.7 Å². The first-order valence-corrected chi connectivity index (χ1v) is 13.5. The van der Waals surface area contributed by atoms with E-state index < -0.39 is 0 Å². The number of halogens is 1. The molecule has 0 saturated carbocycles. The first kappa shape index (κ1) is 25.2. The van der Waals surface area contributed by atoms with Crippen LogP contribution in [0.1, 0.15) is 46.7 Å². The van der Waals surface area contributed by atoms with Gasteiger partial charge < -0.3 is 19.5 Å². The number of morpholine rings is 1. The predicted molar refractivity (Wildman–Crippen MR) is 149 cm³/mol. The van der Waals surface area contributed by atoms with Crippen LogP contribution >= 0.6 is 23.8 Å². The Labute approximate surface area is 224 Å². The summed E-state index contributed by atoms with van der Waals surface area (Å²) >= 11 is 12.3. The number of ether oxygens (including phenoxy) is 1. The lowest BCUT2D eigenvalue weighted by Gasteiger charge is -2.30. The lowest BCUT2D eigenvalue weighted by molar-refractivity contribution is 0.0365. The molecule has 190 valence electrons. The minimum Gasteiger partial charge on any atom is -0.379 e. The second-order valence-electron chi connectivity index (χ2n) is 9.72. The van der Waals surface area contributed by atoms with E-state index in [0.29, 0.717) is 0 Å². The summed E-state index contributed by atoms with van der Waals surface area (Å²) in [5.74, 6) is 0. The van der Waals surface area contributed by atoms with Gasteiger partial charge in [-0.15, -0.1) is 0 Å². The zero-order valence-electron chi connectivity index (χ0n) is 21.2. The van der Waals surface area contributed by atoms with Crippen LogP contribution in [0.25, 0.3) is 5.69 Å². The van der Waals surface area contributed by atoms with E-state index in [9.17, 15) is 0 Å². The Morgan fingerprint density at radius 3 is 2.64 bits per heavy atom. The number of hydrogen-bond acceptors (Lipinski definition) is 4. The van der Waals surface area contributed by atoms with E-state index in [1.165, 1.54) is 22.5 Å². The quantitative estimate of drug-likeness (QED) is 0.432. The van der Waals surface area contributed by atoms with Crippen molar-refractivity contribution in [2.24, 2.45) is 0 Å². The smallest absolute Gasteiger partial charge is 0.170 e. The molecule has 2 aliphatic heterocycles. The van der Waals surface area contributed by atoms with Gasteiger partial charge >= 0.3 is 0 Å². The maximum atomic E-state index is 6.40. The van der Waals surface area contributed by atoms with Gasteiger partial charge in [0.1, 0.15) is 0 Å². The summed E-state index contributed by atoms with van der Waals surface area (Å²) in [7, 11) is 0. The molecular formula is C28H34ClN5OS. The molecule has 0 bridgehead atoms. The Bertz CT molecular complexity index is 1220. The number of aryl methyl sites for hydroxylation is 2. The third-order valence-electron chi connectivity index (χ3n) is 7.38. The number of rotatable bonds is 7. The molecule has 2 fully saturated rings. The van der Waals surface area contributed by atoms with Gasteiger partial charge in [0, 0.05) is 54.5 Å². The highest BCUT2D eigenvalue weighted by Crippen LogP contribution is 2.41. The van der Waals surface area contributed by atoms with Crippen molar-refractivity contribution in [3.8, 4) is 5.69 Å². The van der Waals surface area contributed by atoms with E-state index in [-0.39, 0.29) is 12.1 Å². The van der Waals surface area contributed by atoms with Gasteiger partial charge in [-0.3, -0.25) is 9.88 Å². The van der Waals surface area contributed by atoms with Crippen LogP contribution in [0.5, 0.6) is 0 Å². The van der Waals surface area contributed by atoms with Gasteiger partial charge in [0.2, 0.25) is 0 Å². The van der Waals surface area contributed by atoms with Crippen LogP contribution in [0.4, 0.5) is 0 Å². The number of aromatic nitrogens is 2. The minimum atomic E-state index is -0.0171. The molecule has 8 heteroatoms. The Morgan fingerprint density at radius 2 is 1.89 bits per heavy atom. The van der Waals surface area contributed by atoms with Gasteiger partial charge in [0.05, 0.1) is 31.0 Å². The highest BCUT2D eigenvalue weighted by molar-refractivity contribution is 7.80. The number of benzene rings is 1. The number of nitrogens with one attached hydrogen (secondary N) is 1. The van der Waals surface area contributed by atoms with Crippen molar-refractivity contribution >= 4 is 28.9 Å². The van der Waals surface area contributed by atoms with Gasteiger partial charge in [-0.2, -0.15) is 0 Å². The molecule has 1 N–H and O–H groups in total. The van der Waals surface area contributed by atoms with Crippen LogP contribution in [0.15, 0.2) is 48.7 Å². The standard InChI is InChI=1S/C28H34ClN5OS/c1-19-8-9-22(29)18-25(19)34-20(2)17-23(21(34)3)27-26(24-7-4-5-10-30-24)31-28(36)33(27)12-6-11-32-13-15-35-16-14-32/h4-5,7-10,17-18,26-27H,6,11-16H2,1-3H3,(H,31,36)/t26-,27+/m1/s1. The molecule has 4 heterocycles. The van der Waals surface area contributed by atoms with Crippen molar-refractivity contribution in [1.82, 2.24) is 24.7 Å². The molecule has 2 aromatic heterocycles. The van der Waals surface area contributed by atoms with Crippen molar-refractivity contribution < 1.29 is 4.74 Å². The van der Waals surface area contributed by atoms with Gasteiger partial charge in [-0.25, -0.2) is 0 Å². The molecule has 2 aliphatic rings. The molecule has 1 aromatic carbocycles. The second kappa shape index (κ2) is 10.9. The SMILES string of the molecule is Cc1ccc(Cl)cc1-n1c(C)cc([C@H]2[C@@H](c3ccccn3)NC(=S)N2CCCN2CCOCC2)c1C. The van der Waals surface area contributed by atoms with Crippen molar-refractivity contribution in [1.29, 1.82) is 0 Å². The molecule has 0 amide bonds. The number of nitrogens with zero attached hydrogens (tertiary/aromatic N) is 4. The first-order valence-electron chi connectivity index (χ1n) is 12.7. The number of pyridine rings is 1. The molecule has 2 saturated heterocycles. The summed E-state index contributed by atoms with van der Waals surface area (Å²) in [5, 5.41) is 5.14. The summed E-state index contributed by atoms with van der Waals surface area (Å²) in [6.45, 7) is 12.1. The number of hydrogen-bond donors (Lipinski definition) is 1. The average Bonchev–Trinajstić information content (AvgIpc) is 3.36. The zero-order valence-corrected chi connectivity index (χ0v) is 22.8. The van der Waals surface area contributed by atoms with E-state index in [4.69, 9.17) is 33.5 Å². The second-order valence-corrected chi connectivity index (χ2v) is 10.5. The highest BCUT2D eigenvalue weighted by atomic mass is 35.5. The Balaban J connectivity index is 1.50. The van der Waals surface area contributed by atoms with E-state index in [2.05, 4.69) is 64.7 Å². The monoisotopic (exact) mass is 523 g/mol. The number of thiocarbonyl (C=S) groups is 1. The molecule has 36 heavy (non-hydrogen) atoms. The summed E-state index contributed by atoms with van der Waals surface area (Å²) in [6, 6.07) is 14.5. The predicted octanol–water partition coefficient (Wildman–Crippen LogP) is 5.15. The molecule has 6 nitrogen and oxygen atoms in total. The molecule has 2 atom stereocenters. The summed E-state index contributed by atoms with van der Waals surface area (Å²) in [4.78, 5) is 9.56. The lowest BCUT2D eigenvalue weighted by atomic mass is 9.96. The Morgan fingerprint density at radius 1 is 1.08 bits per heavy atom. The van der Waals surface area contributed by atoms with Crippen LogP contribution in [0.3, 0.4) is 0 Å². The topological polar surface area (TPSA) is 45.6 Å². The van der Waals surface area contributed by atoms with Crippen LogP contribution in [0.2, 0.25) is 5.02 Å². The zero-order chi connectivity index (χ0) is 25.2. The van der Waals surface area contributed by atoms with Crippen LogP contribution in [0, 0.1) is 20.8 Å². The molecule has 0 spiro atoms. The third-order valence-corrected chi connectivity index (χ3v) is 7.96. The molecule has 0 aliphatic carbocycles. The van der Waals surface area contributed by atoms with E-state index in [1.807, 2.05) is 24.4 Å². The van der Waals surface area contributed by atoms with Crippen molar-refractivity contribution in [3.63, 3.8) is 0 Å². The Kier molecular flexibility index (Phi) is 7.62. The largest absolute Gasteiger partial charge is 0.379 e. The summed E-state index contributed by atoms with van der Waals surface area (Å²) in [5.41, 5.74) is 6.96. The fourth-order valence-corrected chi connectivity index (χ4v) is 6.05. The van der Waals surface area contributed by atoms with E-state index in [0.717, 1.165) is 67.3 Å².